The van der Waals surface area contributed by atoms with Gasteiger partial charge in [0.25, 0.3) is 5.91 Å². The maximum Gasteiger partial charge on any atom is 0.264 e. The Morgan fingerprint density at radius 2 is 1.68 bits per heavy atom. The molecule has 4 aromatic carbocycles. The van der Waals surface area contributed by atoms with Gasteiger partial charge >= 0.3 is 0 Å². The van der Waals surface area contributed by atoms with Crippen LogP contribution in [0.4, 0.5) is 11.4 Å². The smallest absolute Gasteiger partial charge is 0.264 e. The van der Waals surface area contributed by atoms with E-state index in [1.807, 2.05) is 117 Å². The van der Waals surface area contributed by atoms with Crippen molar-refractivity contribution in [3.8, 4) is 5.75 Å². The lowest BCUT2D eigenvalue weighted by Gasteiger charge is -2.37. The predicted molar refractivity (Wildman–Crippen MR) is 216 cm³/mol. The molecule has 4 aliphatic heterocycles. The Kier molecular flexibility index (Phi) is 9.94. The lowest BCUT2D eigenvalue weighted by molar-refractivity contribution is -0.151. The molecule has 0 radical (unpaired) electrons. The van der Waals surface area contributed by atoms with Crippen LogP contribution in [-0.2, 0) is 44.2 Å². The Morgan fingerprint density at radius 1 is 0.964 bits per heavy atom. The molecule has 0 unspecified atom stereocenters. The van der Waals surface area contributed by atoms with E-state index in [2.05, 4.69) is 0 Å². The minimum absolute atomic E-state index is 0.0376. The number of ether oxygens (including phenoxy) is 2. The van der Waals surface area contributed by atoms with Crippen LogP contribution >= 0.6 is 0 Å². The average Bonchev–Trinajstić information content (AvgIpc) is 3.63. The van der Waals surface area contributed by atoms with Gasteiger partial charge in [-0.15, -0.1) is 0 Å². The molecule has 0 bridgehead atoms. The predicted octanol–water partition coefficient (Wildman–Crippen LogP) is 5.91. The molecule has 1 spiro atoms. The molecule has 2 N–H and O–H groups in total. The van der Waals surface area contributed by atoms with Crippen molar-refractivity contribution in [2.75, 3.05) is 23.6 Å². The molecule has 12 heteroatoms. The first-order chi connectivity index (χ1) is 26.9. The summed E-state index contributed by atoms with van der Waals surface area (Å²) in [5.41, 5.74) is 4.85. The van der Waals surface area contributed by atoms with Gasteiger partial charge < -0.3 is 29.2 Å². The number of nitrogens with zero attached hydrogens (tertiary/aromatic N) is 4. The highest BCUT2D eigenvalue weighted by atomic mass is 28.4. The third-order valence-electron chi connectivity index (χ3n) is 12.1. The molecule has 1 saturated heterocycles. The summed E-state index contributed by atoms with van der Waals surface area (Å²) in [4.78, 5) is 57.6. The van der Waals surface area contributed by atoms with Gasteiger partial charge in [-0.2, -0.15) is 5.10 Å². The highest BCUT2D eigenvalue weighted by Crippen LogP contribution is 2.60. The summed E-state index contributed by atoms with van der Waals surface area (Å²) in [6.07, 6.45) is 0.692. The number of hydrazone groups is 1. The van der Waals surface area contributed by atoms with Crippen LogP contribution in [0, 0.1) is 5.92 Å². The van der Waals surface area contributed by atoms with Gasteiger partial charge in [-0.05, 0) is 72.1 Å². The van der Waals surface area contributed by atoms with Crippen molar-refractivity contribution < 1.29 is 33.8 Å². The van der Waals surface area contributed by atoms with Crippen LogP contribution in [0.5, 0.6) is 5.75 Å². The fourth-order valence-corrected chi connectivity index (χ4v) is 11.9. The molecule has 3 amide bonds. The number of hydrogen-bond donors (Lipinski definition) is 2. The van der Waals surface area contributed by atoms with E-state index in [0.717, 1.165) is 28.0 Å². The number of carbonyl (C=O) groups excluding carboxylic acids is 3. The molecular weight excluding hydrogens is 725 g/mol. The zero-order chi connectivity index (χ0) is 39.4. The van der Waals surface area contributed by atoms with E-state index < -0.39 is 31.5 Å². The SMILES string of the molecule is COc1ccc2c(c1)[C@@]1(O[C@H](CC(=O)N3Cc4ccccc4C[C@H]3CO)[C@@H]([Si](C)(C)O)[C@@H]1C)C(=O)N2Cc1ccc(N2N=C(c3ccccc3)CCC2=O)cc1. The van der Waals surface area contributed by atoms with Crippen molar-refractivity contribution in [2.45, 2.75) is 82.1 Å². The highest BCUT2D eigenvalue weighted by molar-refractivity contribution is 6.71. The van der Waals surface area contributed by atoms with E-state index in [-0.39, 0.29) is 43.3 Å². The van der Waals surface area contributed by atoms with E-state index >= 15 is 4.79 Å². The number of fused-ring (bicyclic) bond motifs is 3. The summed E-state index contributed by atoms with van der Waals surface area (Å²) in [6, 6.07) is 30.4. The number of rotatable bonds is 9. The van der Waals surface area contributed by atoms with Crippen molar-refractivity contribution in [3.63, 3.8) is 0 Å². The molecule has 4 aliphatic rings. The molecule has 4 heterocycles. The van der Waals surface area contributed by atoms with E-state index in [9.17, 15) is 19.5 Å². The number of methoxy groups -OCH3 is 1. The third-order valence-corrected chi connectivity index (χ3v) is 14.6. The number of carbonyl (C=O) groups is 3. The Hall–Kier alpha value is -5.14. The Labute approximate surface area is 328 Å². The fraction of sp³-hybridized carbons (Fsp3) is 0.364. The standard InChI is InChI=1S/C44H48N4O7Si/c1-28-42(56(3,4)53)39(24-41(51)46-26-32-13-9-8-12-31(32)22-34(46)27-49)55-44(28)36-23-35(54-2)18-20-38(36)47(43(44)52)25-29-14-16-33(17-15-29)48-40(50)21-19-37(45-48)30-10-6-5-7-11-30/h5-18,20,23,28,34,39,42,49,53H,19,21-22,24-27H2,1-4H3/t28-,34-,39+,42-,44+/m0/s1. The molecule has 4 aromatic rings. The number of benzene rings is 4. The van der Waals surface area contributed by atoms with Crippen LogP contribution in [0.3, 0.4) is 0 Å². The monoisotopic (exact) mass is 772 g/mol. The number of amides is 3. The van der Waals surface area contributed by atoms with Crippen LogP contribution in [0.2, 0.25) is 18.6 Å². The molecule has 0 saturated carbocycles. The van der Waals surface area contributed by atoms with Gasteiger partial charge in [0.05, 0.1) is 55.9 Å². The second-order valence-electron chi connectivity index (χ2n) is 16.0. The summed E-state index contributed by atoms with van der Waals surface area (Å²) in [5.74, 6) is -0.445. The van der Waals surface area contributed by atoms with Gasteiger partial charge in [-0.3, -0.25) is 14.4 Å². The molecule has 290 valence electrons. The summed E-state index contributed by atoms with van der Waals surface area (Å²) in [7, 11) is -1.48. The molecule has 56 heavy (non-hydrogen) atoms. The van der Waals surface area contributed by atoms with E-state index in [1.54, 1.807) is 16.9 Å². The van der Waals surface area contributed by atoms with Crippen molar-refractivity contribution in [3.05, 3.63) is 125 Å². The van der Waals surface area contributed by atoms with Crippen molar-refractivity contribution in [1.29, 1.82) is 0 Å². The average molecular weight is 773 g/mol. The van der Waals surface area contributed by atoms with Crippen LogP contribution in [0.1, 0.15) is 54.0 Å². The van der Waals surface area contributed by atoms with Gasteiger partial charge in [0, 0.05) is 36.4 Å². The lowest BCUT2D eigenvalue weighted by Crippen LogP contribution is -2.48. The van der Waals surface area contributed by atoms with Crippen molar-refractivity contribution in [2.24, 2.45) is 11.0 Å². The van der Waals surface area contributed by atoms with Crippen LogP contribution in [0.15, 0.2) is 102 Å². The molecule has 0 aliphatic carbocycles. The van der Waals surface area contributed by atoms with Gasteiger partial charge in [0.2, 0.25) is 11.8 Å². The number of hydrogen-bond acceptors (Lipinski definition) is 8. The van der Waals surface area contributed by atoms with Gasteiger partial charge in [-0.1, -0.05) is 73.7 Å². The fourth-order valence-electron chi connectivity index (χ4n) is 9.39. The molecule has 8 rings (SSSR count). The summed E-state index contributed by atoms with van der Waals surface area (Å²) in [6.45, 7) is 6.05. The Bertz CT molecular complexity index is 2190. The topological polar surface area (TPSA) is 132 Å². The largest absolute Gasteiger partial charge is 0.497 e. The summed E-state index contributed by atoms with van der Waals surface area (Å²) in [5, 5.41) is 16.5. The molecule has 5 atom stereocenters. The second-order valence-corrected chi connectivity index (χ2v) is 19.9. The molecular formula is C44H48N4O7Si. The number of aliphatic hydroxyl groups excluding tert-OH is 1. The molecule has 0 aromatic heterocycles. The molecule has 11 nitrogen and oxygen atoms in total. The van der Waals surface area contributed by atoms with Crippen LogP contribution in [-0.4, -0.2) is 72.4 Å². The van der Waals surface area contributed by atoms with Crippen LogP contribution < -0.4 is 14.6 Å². The molecule has 1 fully saturated rings. The Morgan fingerprint density at radius 3 is 2.38 bits per heavy atom. The van der Waals surface area contributed by atoms with Crippen molar-refractivity contribution in [1.82, 2.24) is 4.90 Å². The van der Waals surface area contributed by atoms with Gasteiger partial charge in [0.1, 0.15) is 5.75 Å². The number of anilines is 2. The highest BCUT2D eigenvalue weighted by Gasteiger charge is 2.66. The van der Waals surface area contributed by atoms with Gasteiger partial charge in [0.15, 0.2) is 13.9 Å². The minimum Gasteiger partial charge on any atom is -0.497 e. The third kappa shape index (κ3) is 6.53. The van der Waals surface area contributed by atoms with E-state index in [0.29, 0.717) is 48.5 Å². The number of aliphatic hydroxyl groups is 1. The van der Waals surface area contributed by atoms with Crippen LogP contribution in [0.25, 0.3) is 0 Å². The summed E-state index contributed by atoms with van der Waals surface area (Å²) >= 11 is 0. The zero-order valence-corrected chi connectivity index (χ0v) is 33.2. The maximum atomic E-state index is 15.1. The van der Waals surface area contributed by atoms with Gasteiger partial charge in [-0.25, -0.2) is 5.01 Å². The maximum absolute atomic E-state index is 15.1. The quantitative estimate of drug-likeness (QED) is 0.203. The first kappa shape index (κ1) is 37.8. The lowest BCUT2D eigenvalue weighted by atomic mass is 9.82. The minimum atomic E-state index is -3.06. The first-order valence-corrected chi connectivity index (χ1v) is 22.4. The zero-order valence-electron chi connectivity index (χ0n) is 32.2. The summed E-state index contributed by atoms with van der Waals surface area (Å²) < 4.78 is 12.6. The normalized spacial score (nSPS) is 24.7. The van der Waals surface area contributed by atoms with E-state index in [4.69, 9.17) is 14.6 Å². The first-order valence-electron chi connectivity index (χ1n) is 19.4. The van der Waals surface area contributed by atoms with E-state index in [1.165, 1.54) is 5.01 Å². The van der Waals surface area contributed by atoms with Crippen molar-refractivity contribution >= 4 is 43.1 Å². The Balaban J connectivity index is 1.09. The second kappa shape index (κ2) is 14.7.